The second-order valence-electron chi connectivity index (χ2n) is 6.37. The molecule has 1 aliphatic rings. The number of rotatable bonds is 4. The summed E-state index contributed by atoms with van der Waals surface area (Å²) in [5.74, 6) is -0.0207. The van der Waals surface area contributed by atoms with Crippen molar-refractivity contribution < 1.29 is 4.79 Å². The normalized spacial score (nSPS) is 15.8. The molecule has 0 radical (unpaired) electrons. The number of carbonyl (C=O) groups excluding carboxylic acids is 1. The van der Waals surface area contributed by atoms with Crippen LogP contribution in [0.5, 0.6) is 0 Å². The third kappa shape index (κ3) is 3.04. The zero-order valence-corrected chi connectivity index (χ0v) is 15.1. The zero-order chi connectivity index (χ0) is 18.1. The number of carbonyl (C=O) groups is 1. The van der Waals surface area contributed by atoms with Crippen molar-refractivity contribution in [3.05, 3.63) is 94.3 Å². The maximum Gasteiger partial charge on any atom is 0.258 e. The van der Waals surface area contributed by atoms with Crippen molar-refractivity contribution in [1.82, 2.24) is 9.88 Å². The second kappa shape index (κ2) is 6.81. The molecule has 26 heavy (non-hydrogen) atoms. The third-order valence-electron chi connectivity index (χ3n) is 4.57. The van der Waals surface area contributed by atoms with E-state index in [1.165, 1.54) is 0 Å². The summed E-state index contributed by atoms with van der Waals surface area (Å²) in [6.07, 6.45) is 1.38. The molecule has 1 aromatic heterocycles. The minimum Gasteiger partial charge on any atom is -0.360 e. The molecule has 0 aliphatic carbocycles. The number of benzene rings is 2. The Morgan fingerprint density at radius 2 is 1.92 bits per heavy atom. The van der Waals surface area contributed by atoms with E-state index in [-0.39, 0.29) is 12.1 Å². The molecule has 1 atom stereocenters. The van der Waals surface area contributed by atoms with Gasteiger partial charge >= 0.3 is 0 Å². The molecule has 0 bridgehead atoms. The van der Waals surface area contributed by atoms with Gasteiger partial charge in [-0.05, 0) is 42.3 Å². The molecular weight excluding hydrogens is 346 g/mol. The van der Waals surface area contributed by atoms with Crippen molar-refractivity contribution in [2.75, 3.05) is 5.32 Å². The van der Waals surface area contributed by atoms with Gasteiger partial charge in [0.15, 0.2) is 0 Å². The first-order valence-corrected chi connectivity index (χ1v) is 8.84. The predicted octanol–water partition coefficient (Wildman–Crippen LogP) is 4.81. The quantitative estimate of drug-likeness (QED) is 0.723. The molecule has 0 fully saturated rings. The zero-order valence-electron chi connectivity index (χ0n) is 14.3. The van der Waals surface area contributed by atoms with Gasteiger partial charge < -0.3 is 10.2 Å². The van der Waals surface area contributed by atoms with E-state index < -0.39 is 0 Å². The highest BCUT2D eigenvalue weighted by Crippen LogP contribution is 2.34. The SMILES string of the molecule is Cc1ccc(NC2c3ncccc3C(=O)N2Cc2ccccc2)cc1Cl. The lowest BCUT2D eigenvalue weighted by Crippen LogP contribution is -2.32. The van der Waals surface area contributed by atoms with Crippen molar-refractivity contribution in [2.45, 2.75) is 19.6 Å². The number of nitrogens with one attached hydrogen (secondary N) is 1. The van der Waals surface area contributed by atoms with Crippen LogP contribution in [0.3, 0.4) is 0 Å². The highest BCUT2D eigenvalue weighted by molar-refractivity contribution is 6.31. The molecule has 1 aliphatic heterocycles. The van der Waals surface area contributed by atoms with E-state index in [9.17, 15) is 4.79 Å². The van der Waals surface area contributed by atoms with Crippen LogP contribution in [-0.2, 0) is 6.54 Å². The van der Waals surface area contributed by atoms with Gasteiger partial charge in [-0.3, -0.25) is 9.78 Å². The van der Waals surface area contributed by atoms with Crippen LogP contribution in [0.25, 0.3) is 0 Å². The van der Waals surface area contributed by atoms with E-state index in [1.54, 1.807) is 17.2 Å². The topological polar surface area (TPSA) is 45.2 Å². The molecule has 130 valence electrons. The standard InChI is InChI=1S/C21H18ClN3O/c1-14-9-10-16(12-18(14)22)24-20-19-17(8-5-11-23-19)21(26)25(20)13-15-6-3-2-4-7-15/h2-12,20,24H,13H2,1H3. The number of aromatic nitrogens is 1. The largest absolute Gasteiger partial charge is 0.360 e. The number of halogens is 1. The monoisotopic (exact) mass is 363 g/mol. The summed E-state index contributed by atoms with van der Waals surface area (Å²) in [5, 5.41) is 4.11. The van der Waals surface area contributed by atoms with Gasteiger partial charge in [0.05, 0.1) is 11.3 Å². The molecule has 1 N–H and O–H groups in total. The number of anilines is 1. The van der Waals surface area contributed by atoms with Crippen LogP contribution in [0.1, 0.15) is 33.3 Å². The Morgan fingerprint density at radius 3 is 2.69 bits per heavy atom. The predicted molar refractivity (Wildman–Crippen MR) is 103 cm³/mol. The smallest absolute Gasteiger partial charge is 0.258 e. The van der Waals surface area contributed by atoms with Crippen LogP contribution < -0.4 is 5.32 Å². The molecule has 2 aromatic carbocycles. The Labute approximate surface area is 157 Å². The van der Waals surface area contributed by atoms with Crippen LogP contribution in [0.15, 0.2) is 66.9 Å². The number of aryl methyl sites for hydroxylation is 1. The van der Waals surface area contributed by atoms with Crippen molar-refractivity contribution in [3.8, 4) is 0 Å². The summed E-state index contributed by atoms with van der Waals surface area (Å²) in [6, 6.07) is 19.4. The number of fused-ring (bicyclic) bond motifs is 1. The van der Waals surface area contributed by atoms with E-state index in [0.29, 0.717) is 17.1 Å². The van der Waals surface area contributed by atoms with E-state index in [4.69, 9.17) is 11.6 Å². The molecule has 2 heterocycles. The van der Waals surface area contributed by atoms with Gasteiger partial charge in [0.1, 0.15) is 6.17 Å². The minimum absolute atomic E-state index is 0.0207. The summed E-state index contributed by atoms with van der Waals surface area (Å²) >= 11 is 6.26. The molecule has 4 nitrogen and oxygen atoms in total. The lowest BCUT2D eigenvalue weighted by atomic mass is 10.2. The van der Waals surface area contributed by atoms with E-state index in [2.05, 4.69) is 10.3 Å². The first kappa shape index (κ1) is 16.6. The third-order valence-corrected chi connectivity index (χ3v) is 4.98. The Kier molecular flexibility index (Phi) is 4.35. The van der Waals surface area contributed by atoms with Crippen LogP contribution in [-0.4, -0.2) is 15.8 Å². The highest BCUT2D eigenvalue weighted by Gasteiger charge is 2.37. The maximum absolute atomic E-state index is 12.9. The Hall–Kier alpha value is -2.85. The summed E-state index contributed by atoms with van der Waals surface area (Å²) in [4.78, 5) is 19.2. The first-order valence-electron chi connectivity index (χ1n) is 8.46. The summed E-state index contributed by atoms with van der Waals surface area (Å²) < 4.78 is 0. The Morgan fingerprint density at radius 1 is 1.12 bits per heavy atom. The van der Waals surface area contributed by atoms with Gasteiger partial charge in [-0.1, -0.05) is 48.0 Å². The molecule has 4 rings (SSSR count). The van der Waals surface area contributed by atoms with E-state index >= 15 is 0 Å². The summed E-state index contributed by atoms with van der Waals surface area (Å²) in [6.45, 7) is 2.47. The second-order valence-corrected chi connectivity index (χ2v) is 6.77. The van der Waals surface area contributed by atoms with Gasteiger partial charge in [-0.15, -0.1) is 0 Å². The van der Waals surface area contributed by atoms with Crippen molar-refractivity contribution in [2.24, 2.45) is 0 Å². The minimum atomic E-state index is -0.335. The van der Waals surface area contributed by atoms with Crippen LogP contribution in [0.2, 0.25) is 5.02 Å². The van der Waals surface area contributed by atoms with Crippen LogP contribution in [0, 0.1) is 6.92 Å². The number of nitrogens with zero attached hydrogens (tertiary/aromatic N) is 2. The average Bonchev–Trinajstić information content (AvgIpc) is 2.92. The molecular formula is C21H18ClN3O. The fraction of sp³-hybridized carbons (Fsp3) is 0.143. The van der Waals surface area contributed by atoms with Crippen LogP contribution >= 0.6 is 11.6 Å². The van der Waals surface area contributed by atoms with Crippen molar-refractivity contribution in [1.29, 1.82) is 0 Å². The first-order chi connectivity index (χ1) is 12.6. The fourth-order valence-electron chi connectivity index (χ4n) is 3.17. The lowest BCUT2D eigenvalue weighted by Gasteiger charge is -2.26. The van der Waals surface area contributed by atoms with Crippen molar-refractivity contribution in [3.63, 3.8) is 0 Å². The van der Waals surface area contributed by atoms with E-state index in [1.807, 2.05) is 61.5 Å². The van der Waals surface area contributed by atoms with Gasteiger partial charge in [0.25, 0.3) is 5.91 Å². The molecule has 0 saturated carbocycles. The van der Waals surface area contributed by atoms with Crippen molar-refractivity contribution >= 4 is 23.2 Å². The molecule has 5 heteroatoms. The average molecular weight is 364 g/mol. The highest BCUT2D eigenvalue weighted by atomic mass is 35.5. The number of pyridine rings is 1. The fourth-order valence-corrected chi connectivity index (χ4v) is 3.35. The summed E-state index contributed by atoms with van der Waals surface area (Å²) in [5.41, 5.74) is 4.32. The number of hydrogen-bond donors (Lipinski definition) is 1. The van der Waals surface area contributed by atoms with Gasteiger partial charge in [-0.2, -0.15) is 0 Å². The summed E-state index contributed by atoms with van der Waals surface area (Å²) in [7, 11) is 0. The van der Waals surface area contributed by atoms with Gasteiger partial charge in [0, 0.05) is 23.5 Å². The number of hydrogen-bond acceptors (Lipinski definition) is 3. The molecule has 1 amide bonds. The molecule has 1 unspecified atom stereocenters. The van der Waals surface area contributed by atoms with Gasteiger partial charge in [0.2, 0.25) is 0 Å². The lowest BCUT2D eigenvalue weighted by molar-refractivity contribution is 0.0728. The van der Waals surface area contributed by atoms with E-state index in [0.717, 1.165) is 22.5 Å². The van der Waals surface area contributed by atoms with Gasteiger partial charge in [-0.25, -0.2) is 0 Å². The molecule has 0 spiro atoms. The Balaban J connectivity index is 1.69. The Bertz CT molecular complexity index is 958. The number of amides is 1. The molecule has 3 aromatic rings. The molecule has 0 saturated heterocycles. The van der Waals surface area contributed by atoms with Crippen LogP contribution in [0.4, 0.5) is 5.69 Å². The maximum atomic E-state index is 12.9.